The van der Waals surface area contributed by atoms with Gasteiger partial charge in [0.2, 0.25) is 5.91 Å². The molecule has 0 saturated carbocycles. The van der Waals surface area contributed by atoms with E-state index in [1.807, 2.05) is 25.2 Å². The molecule has 0 unspecified atom stereocenters. The largest absolute Gasteiger partial charge is 0.341 e. The van der Waals surface area contributed by atoms with E-state index in [0.29, 0.717) is 18.5 Å². The first-order valence-electron chi connectivity index (χ1n) is 7.90. The molecule has 0 aliphatic heterocycles. The Morgan fingerprint density at radius 2 is 1.90 bits per heavy atom. The molecule has 0 atom stereocenters. The Labute approximate surface area is 128 Å². The molecule has 114 valence electrons. The van der Waals surface area contributed by atoms with Crippen molar-refractivity contribution in [3.05, 3.63) is 35.4 Å². The molecule has 0 N–H and O–H groups in total. The molecule has 0 radical (unpaired) electrons. The van der Waals surface area contributed by atoms with Crippen LogP contribution in [-0.4, -0.2) is 17.9 Å². The Balaban J connectivity index is 2.29. The van der Waals surface area contributed by atoms with Crippen LogP contribution in [0.15, 0.2) is 24.3 Å². The normalized spacial score (nSPS) is 10.1. The molecule has 1 amide bonds. The second-order valence-electron chi connectivity index (χ2n) is 5.58. The van der Waals surface area contributed by atoms with Gasteiger partial charge in [-0.05, 0) is 24.1 Å². The smallest absolute Gasteiger partial charge is 0.222 e. The average molecular weight is 286 g/mol. The van der Waals surface area contributed by atoms with Gasteiger partial charge in [-0.1, -0.05) is 51.2 Å². The van der Waals surface area contributed by atoms with Gasteiger partial charge in [0.1, 0.15) is 0 Å². The van der Waals surface area contributed by atoms with E-state index in [1.165, 1.54) is 25.7 Å². The Morgan fingerprint density at radius 1 is 1.19 bits per heavy atom. The summed E-state index contributed by atoms with van der Waals surface area (Å²) in [6.45, 7) is 2.78. The monoisotopic (exact) mass is 286 g/mol. The summed E-state index contributed by atoms with van der Waals surface area (Å²) in [5.74, 6) is 0.188. The summed E-state index contributed by atoms with van der Waals surface area (Å²) in [4.78, 5) is 13.8. The van der Waals surface area contributed by atoms with E-state index in [4.69, 9.17) is 5.26 Å². The van der Waals surface area contributed by atoms with E-state index in [9.17, 15) is 4.79 Å². The van der Waals surface area contributed by atoms with Gasteiger partial charge in [0.15, 0.2) is 0 Å². The maximum atomic E-state index is 12.1. The van der Waals surface area contributed by atoms with Crippen molar-refractivity contribution in [2.75, 3.05) is 7.05 Å². The highest BCUT2D eigenvalue weighted by Crippen LogP contribution is 2.10. The van der Waals surface area contributed by atoms with Gasteiger partial charge in [0.25, 0.3) is 0 Å². The van der Waals surface area contributed by atoms with Gasteiger partial charge in [-0.2, -0.15) is 5.26 Å². The third-order valence-electron chi connectivity index (χ3n) is 3.65. The van der Waals surface area contributed by atoms with Crippen LogP contribution in [0.2, 0.25) is 0 Å². The molecule has 0 bridgehead atoms. The zero-order chi connectivity index (χ0) is 15.5. The molecular formula is C18H26N2O. The van der Waals surface area contributed by atoms with Crippen molar-refractivity contribution in [3.63, 3.8) is 0 Å². The predicted octanol–water partition coefficient (Wildman–Crippen LogP) is 4.27. The quantitative estimate of drug-likeness (QED) is 0.636. The summed E-state index contributed by atoms with van der Waals surface area (Å²) < 4.78 is 0. The molecule has 1 aromatic carbocycles. The molecule has 0 aliphatic rings. The van der Waals surface area contributed by atoms with Crippen molar-refractivity contribution in [3.8, 4) is 6.07 Å². The zero-order valence-electron chi connectivity index (χ0n) is 13.3. The molecule has 0 fully saturated rings. The van der Waals surface area contributed by atoms with Crippen LogP contribution >= 0.6 is 0 Å². The van der Waals surface area contributed by atoms with Crippen LogP contribution in [0.4, 0.5) is 0 Å². The molecule has 0 aliphatic carbocycles. The third-order valence-corrected chi connectivity index (χ3v) is 3.65. The summed E-state index contributed by atoms with van der Waals surface area (Å²) >= 11 is 0. The predicted molar refractivity (Wildman–Crippen MR) is 85.6 cm³/mol. The molecule has 3 heteroatoms. The van der Waals surface area contributed by atoms with Gasteiger partial charge in [0.05, 0.1) is 11.6 Å². The van der Waals surface area contributed by atoms with Gasteiger partial charge in [-0.3, -0.25) is 4.79 Å². The SMILES string of the molecule is CCCCCCCCC(=O)N(C)Cc1cccc(C#N)c1. The van der Waals surface area contributed by atoms with Crippen LogP contribution in [0.25, 0.3) is 0 Å². The van der Waals surface area contributed by atoms with Crippen molar-refractivity contribution in [2.24, 2.45) is 0 Å². The van der Waals surface area contributed by atoms with E-state index in [0.717, 1.165) is 18.4 Å². The lowest BCUT2D eigenvalue weighted by atomic mass is 10.1. The van der Waals surface area contributed by atoms with Crippen LogP contribution in [0.5, 0.6) is 0 Å². The number of amides is 1. The lowest BCUT2D eigenvalue weighted by Gasteiger charge is -2.17. The molecule has 1 rings (SSSR count). The zero-order valence-corrected chi connectivity index (χ0v) is 13.3. The second kappa shape index (κ2) is 9.99. The van der Waals surface area contributed by atoms with E-state index in [-0.39, 0.29) is 5.91 Å². The summed E-state index contributed by atoms with van der Waals surface area (Å²) in [5.41, 5.74) is 1.65. The van der Waals surface area contributed by atoms with Crippen molar-refractivity contribution in [1.29, 1.82) is 5.26 Å². The van der Waals surface area contributed by atoms with Crippen molar-refractivity contribution < 1.29 is 4.79 Å². The van der Waals surface area contributed by atoms with Crippen LogP contribution in [0.3, 0.4) is 0 Å². The number of rotatable bonds is 9. The first-order valence-corrected chi connectivity index (χ1v) is 7.90. The molecule has 21 heavy (non-hydrogen) atoms. The van der Waals surface area contributed by atoms with E-state index < -0.39 is 0 Å². The van der Waals surface area contributed by atoms with Crippen LogP contribution in [0, 0.1) is 11.3 Å². The third kappa shape index (κ3) is 6.94. The minimum absolute atomic E-state index is 0.188. The van der Waals surface area contributed by atoms with Gasteiger partial charge in [-0.15, -0.1) is 0 Å². The topological polar surface area (TPSA) is 44.1 Å². The summed E-state index contributed by atoms with van der Waals surface area (Å²) in [7, 11) is 1.83. The fourth-order valence-electron chi connectivity index (χ4n) is 2.35. The molecule has 1 aromatic rings. The Morgan fingerprint density at radius 3 is 2.62 bits per heavy atom. The maximum absolute atomic E-state index is 12.1. The summed E-state index contributed by atoms with van der Waals surface area (Å²) in [6, 6.07) is 9.56. The minimum Gasteiger partial charge on any atom is -0.341 e. The van der Waals surface area contributed by atoms with Crippen molar-refractivity contribution in [2.45, 2.75) is 58.4 Å². The first-order chi connectivity index (χ1) is 10.2. The second-order valence-corrected chi connectivity index (χ2v) is 5.58. The number of benzene rings is 1. The minimum atomic E-state index is 0.188. The highest BCUT2D eigenvalue weighted by molar-refractivity contribution is 5.75. The molecule has 0 heterocycles. The van der Waals surface area contributed by atoms with Crippen LogP contribution < -0.4 is 0 Å². The number of carbonyl (C=O) groups excluding carboxylic acids is 1. The molecule has 0 spiro atoms. The molecule has 0 saturated heterocycles. The lowest BCUT2D eigenvalue weighted by Crippen LogP contribution is -2.25. The first kappa shape index (κ1) is 17.2. The molecule has 3 nitrogen and oxygen atoms in total. The molecule has 0 aromatic heterocycles. The maximum Gasteiger partial charge on any atom is 0.222 e. The van der Waals surface area contributed by atoms with Gasteiger partial charge in [0, 0.05) is 20.0 Å². The summed E-state index contributed by atoms with van der Waals surface area (Å²) in [6.07, 6.45) is 7.80. The van der Waals surface area contributed by atoms with Gasteiger partial charge < -0.3 is 4.90 Å². The lowest BCUT2D eigenvalue weighted by molar-refractivity contribution is -0.130. The van der Waals surface area contributed by atoms with Crippen LogP contribution in [-0.2, 0) is 11.3 Å². The summed E-state index contributed by atoms with van der Waals surface area (Å²) in [5, 5.41) is 8.88. The highest BCUT2D eigenvalue weighted by atomic mass is 16.2. The number of unbranched alkanes of at least 4 members (excludes halogenated alkanes) is 5. The number of carbonyl (C=O) groups is 1. The average Bonchev–Trinajstić information content (AvgIpc) is 2.50. The Hall–Kier alpha value is -1.82. The fourth-order valence-corrected chi connectivity index (χ4v) is 2.35. The van der Waals surface area contributed by atoms with E-state index in [2.05, 4.69) is 13.0 Å². The van der Waals surface area contributed by atoms with E-state index >= 15 is 0 Å². The Kier molecular flexibility index (Phi) is 8.19. The fraction of sp³-hybridized carbons (Fsp3) is 0.556. The van der Waals surface area contributed by atoms with Crippen molar-refractivity contribution in [1.82, 2.24) is 4.90 Å². The number of hydrogen-bond donors (Lipinski definition) is 0. The number of nitrogens with zero attached hydrogens (tertiary/aromatic N) is 2. The van der Waals surface area contributed by atoms with Crippen molar-refractivity contribution >= 4 is 5.91 Å². The molecular weight excluding hydrogens is 260 g/mol. The highest BCUT2D eigenvalue weighted by Gasteiger charge is 2.09. The Bertz CT molecular complexity index is 476. The standard InChI is InChI=1S/C18H26N2O/c1-3-4-5-6-7-8-12-18(21)20(2)15-17-11-9-10-16(13-17)14-19/h9-11,13H,3-8,12,15H2,1-2H3. The number of nitriles is 1. The number of hydrogen-bond acceptors (Lipinski definition) is 2. The van der Waals surface area contributed by atoms with Crippen LogP contribution in [0.1, 0.15) is 63.0 Å². The van der Waals surface area contributed by atoms with Gasteiger partial charge >= 0.3 is 0 Å². The van der Waals surface area contributed by atoms with Gasteiger partial charge in [-0.25, -0.2) is 0 Å². The van der Waals surface area contributed by atoms with E-state index in [1.54, 1.807) is 11.0 Å².